The Hall–Kier alpha value is -2.42. The first-order valence-corrected chi connectivity index (χ1v) is 6.19. The van der Waals surface area contributed by atoms with Crippen LogP contribution in [0.25, 0.3) is 0 Å². The minimum Gasteiger partial charge on any atom is -0.347 e. The zero-order valence-electron chi connectivity index (χ0n) is 10.3. The maximum Gasteiger partial charge on any atom is 0.243 e. The van der Waals surface area contributed by atoms with Crippen LogP contribution in [0.3, 0.4) is 0 Å². The maximum absolute atomic E-state index is 12.4. The zero-order chi connectivity index (χ0) is 13.3. The van der Waals surface area contributed by atoms with E-state index in [0.29, 0.717) is 0 Å². The Labute approximate surface area is 111 Å². The topological polar surface area (TPSA) is 46.2 Å². The van der Waals surface area contributed by atoms with Crippen molar-refractivity contribution >= 4 is 11.7 Å². The molecule has 3 nitrogen and oxygen atoms in total. The van der Waals surface area contributed by atoms with Gasteiger partial charge in [0.15, 0.2) is 11.2 Å². The van der Waals surface area contributed by atoms with Gasteiger partial charge >= 0.3 is 0 Å². The molecule has 0 unspecified atom stereocenters. The molecule has 1 aliphatic rings. The minimum absolute atomic E-state index is 0.0859. The zero-order valence-corrected chi connectivity index (χ0v) is 10.3. The maximum atomic E-state index is 12.4. The predicted molar refractivity (Wildman–Crippen MR) is 71.7 cm³/mol. The van der Waals surface area contributed by atoms with E-state index >= 15 is 0 Å². The normalized spacial score (nSPS) is 17.3. The number of amides is 1. The van der Waals surface area contributed by atoms with E-state index < -0.39 is 5.41 Å². The van der Waals surface area contributed by atoms with Crippen LogP contribution in [-0.2, 0) is 15.0 Å². The summed E-state index contributed by atoms with van der Waals surface area (Å²) in [5.41, 5.74) is 0.255. The summed E-state index contributed by atoms with van der Waals surface area (Å²) in [5.74, 6) is -0.343. The Bertz CT molecular complexity index is 562. The molecule has 1 saturated heterocycles. The summed E-state index contributed by atoms with van der Waals surface area (Å²) in [6.45, 7) is 0.0859. The molecule has 2 aromatic rings. The molecule has 19 heavy (non-hydrogen) atoms. The quantitative estimate of drug-likeness (QED) is 0.825. The fraction of sp³-hybridized carbons (Fsp3) is 0.125. The van der Waals surface area contributed by atoms with Gasteiger partial charge < -0.3 is 5.32 Å². The second kappa shape index (κ2) is 4.35. The van der Waals surface area contributed by atoms with Crippen LogP contribution in [0.1, 0.15) is 11.1 Å². The first kappa shape index (κ1) is 11.7. The van der Waals surface area contributed by atoms with Crippen LogP contribution < -0.4 is 5.32 Å². The average Bonchev–Trinajstić information content (AvgIpc) is 2.77. The summed E-state index contributed by atoms with van der Waals surface area (Å²) in [6, 6.07) is 18.5. The molecule has 0 radical (unpaired) electrons. The molecule has 1 fully saturated rings. The van der Waals surface area contributed by atoms with Crippen molar-refractivity contribution in [3.8, 4) is 0 Å². The van der Waals surface area contributed by atoms with Crippen LogP contribution in [0.2, 0.25) is 0 Å². The van der Waals surface area contributed by atoms with Crippen LogP contribution >= 0.6 is 0 Å². The summed E-state index contributed by atoms with van der Waals surface area (Å²) < 4.78 is 0. The van der Waals surface area contributed by atoms with Crippen molar-refractivity contribution in [2.24, 2.45) is 0 Å². The van der Waals surface area contributed by atoms with Crippen molar-refractivity contribution < 1.29 is 9.59 Å². The first-order valence-electron chi connectivity index (χ1n) is 6.19. The van der Waals surface area contributed by atoms with Crippen LogP contribution in [0.15, 0.2) is 60.7 Å². The Balaban J connectivity index is 2.29. The number of carbonyl (C=O) groups is 2. The number of nitrogens with one attached hydrogen (secondary N) is 1. The lowest BCUT2D eigenvalue weighted by atomic mass is 9.72. The highest BCUT2D eigenvalue weighted by Gasteiger charge is 2.52. The van der Waals surface area contributed by atoms with E-state index in [4.69, 9.17) is 0 Å². The van der Waals surface area contributed by atoms with E-state index in [0.717, 1.165) is 11.1 Å². The van der Waals surface area contributed by atoms with Gasteiger partial charge in [0.05, 0.1) is 6.54 Å². The molecule has 0 aliphatic carbocycles. The molecule has 1 amide bonds. The van der Waals surface area contributed by atoms with Crippen LogP contribution in [-0.4, -0.2) is 18.2 Å². The lowest BCUT2D eigenvalue weighted by molar-refractivity contribution is -0.128. The van der Waals surface area contributed by atoms with Crippen molar-refractivity contribution in [1.29, 1.82) is 0 Å². The Morgan fingerprint density at radius 2 is 1.26 bits per heavy atom. The lowest BCUT2D eigenvalue weighted by Gasteiger charge is -2.25. The molecule has 0 aromatic heterocycles. The fourth-order valence-electron chi connectivity index (χ4n) is 2.68. The average molecular weight is 251 g/mol. The number of benzene rings is 2. The molecular weight excluding hydrogens is 238 g/mol. The highest BCUT2D eigenvalue weighted by Crippen LogP contribution is 2.36. The molecule has 3 heteroatoms. The van der Waals surface area contributed by atoms with Crippen LogP contribution in [0.4, 0.5) is 0 Å². The Morgan fingerprint density at radius 1 is 0.789 bits per heavy atom. The second-order valence-corrected chi connectivity index (χ2v) is 4.59. The second-order valence-electron chi connectivity index (χ2n) is 4.59. The lowest BCUT2D eigenvalue weighted by Crippen LogP contribution is -2.41. The van der Waals surface area contributed by atoms with Gasteiger partial charge in [-0.25, -0.2) is 0 Å². The van der Waals surface area contributed by atoms with Gasteiger partial charge in [0.25, 0.3) is 0 Å². The summed E-state index contributed by atoms with van der Waals surface area (Å²) in [5, 5.41) is 2.67. The van der Waals surface area contributed by atoms with Crippen LogP contribution in [0.5, 0.6) is 0 Å². The van der Waals surface area contributed by atoms with Crippen molar-refractivity contribution in [2.75, 3.05) is 6.54 Å². The third-order valence-corrected chi connectivity index (χ3v) is 3.58. The van der Waals surface area contributed by atoms with E-state index in [1.807, 2.05) is 60.7 Å². The van der Waals surface area contributed by atoms with Gasteiger partial charge in [0.1, 0.15) is 0 Å². The van der Waals surface area contributed by atoms with Gasteiger partial charge in [-0.1, -0.05) is 60.7 Å². The largest absolute Gasteiger partial charge is 0.347 e. The molecule has 0 spiro atoms. The monoisotopic (exact) mass is 251 g/mol. The number of ketones is 1. The van der Waals surface area contributed by atoms with Crippen molar-refractivity contribution in [2.45, 2.75) is 5.41 Å². The minimum atomic E-state index is -1.19. The van der Waals surface area contributed by atoms with E-state index in [1.165, 1.54) is 0 Å². The van der Waals surface area contributed by atoms with Crippen molar-refractivity contribution in [3.05, 3.63) is 71.8 Å². The van der Waals surface area contributed by atoms with E-state index in [2.05, 4.69) is 5.32 Å². The van der Waals surface area contributed by atoms with Gasteiger partial charge in [-0.15, -0.1) is 0 Å². The standard InChI is InChI=1S/C16H13NO2/c18-14-11-17-15(19)16(14,12-7-3-1-4-8-12)13-9-5-2-6-10-13/h1-10H,11H2,(H,17,19). The van der Waals surface area contributed by atoms with Gasteiger partial charge in [0, 0.05) is 0 Å². The molecule has 3 rings (SSSR count). The van der Waals surface area contributed by atoms with E-state index in [9.17, 15) is 9.59 Å². The molecular formula is C16H13NO2. The fourth-order valence-corrected chi connectivity index (χ4v) is 2.68. The molecule has 2 aromatic carbocycles. The Morgan fingerprint density at radius 3 is 1.63 bits per heavy atom. The first-order chi connectivity index (χ1) is 9.26. The number of Topliss-reactive ketones (excluding diaryl/α,β-unsaturated/α-hetero) is 1. The van der Waals surface area contributed by atoms with Gasteiger partial charge in [-0.05, 0) is 11.1 Å². The summed E-state index contributed by atoms with van der Waals surface area (Å²) in [6.07, 6.45) is 0. The third kappa shape index (κ3) is 1.58. The third-order valence-electron chi connectivity index (χ3n) is 3.58. The molecule has 1 heterocycles. The molecule has 0 bridgehead atoms. The molecule has 1 N–H and O–H groups in total. The molecule has 0 atom stereocenters. The summed E-state index contributed by atoms with van der Waals surface area (Å²) in [4.78, 5) is 24.8. The predicted octanol–water partition coefficient (Wildman–Crippen LogP) is 1.67. The molecule has 94 valence electrons. The number of carbonyl (C=O) groups excluding carboxylic acids is 2. The Kier molecular flexibility index (Phi) is 2.67. The van der Waals surface area contributed by atoms with Crippen molar-refractivity contribution in [3.63, 3.8) is 0 Å². The summed E-state index contributed by atoms with van der Waals surface area (Å²) >= 11 is 0. The van der Waals surface area contributed by atoms with Crippen molar-refractivity contribution in [1.82, 2.24) is 5.32 Å². The van der Waals surface area contributed by atoms with E-state index in [1.54, 1.807) is 0 Å². The van der Waals surface area contributed by atoms with E-state index in [-0.39, 0.29) is 18.2 Å². The van der Waals surface area contributed by atoms with Gasteiger partial charge in [-0.2, -0.15) is 0 Å². The number of hydrogen-bond donors (Lipinski definition) is 1. The highest BCUT2D eigenvalue weighted by molar-refractivity contribution is 6.20. The smallest absolute Gasteiger partial charge is 0.243 e. The van der Waals surface area contributed by atoms with Gasteiger partial charge in [0.2, 0.25) is 5.91 Å². The molecule has 1 aliphatic heterocycles. The summed E-state index contributed by atoms with van der Waals surface area (Å²) in [7, 11) is 0. The SMILES string of the molecule is O=C1CNC(=O)C1(c1ccccc1)c1ccccc1. The van der Waals surface area contributed by atoms with Crippen LogP contribution in [0, 0.1) is 0 Å². The number of rotatable bonds is 2. The van der Waals surface area contributed by atoms with Gasteiger partial charge in [-0.3, -0.25) is 9.59 Å². The molecule has 0 saturated carbocycles. The number of hydrogen-bond acceptors (Lipinski definition) is 2. The highest BCUT2D eigenvalue weighted by atomic mass is 16.2.